The molecule has 0 aliphatic rings. The number of rotatable bonds is 5. The molecule has 0 aliphatic carbocycles. The van der Waals surface area contributed by atoms with Crippen molar-refractivity contribution in [3.63, 3.8) is 0 Å². The second-order valence-electron chi connectivity index (χ2n) is 4.76. The first-order valence-corrected chi connectivity index (χ1v) is 7.45. The van der Waals surface area contributed by atoms with Crippen LogP contribution in [0, 0.1) is 0 Å². The standard InChI is InChI=1S/C16H11ClN4O3/c17-9-13-19-15(16(23)24)20-21(13)12-7-2-1-5-10(12)14(22)11-6-3-4-8-18-11/h1-8H,9H2,(H,23,24). The average Bonchev–Trinajstić information content (AvgIpc) is 3.06. The van der Waals surface area contributed by atoms with Gasteiger partial charge in [0, 0.05) is 11.8 Å². The van der Waals surface area contributed by atoms with Gasteiger partial charge in [0.1, 0.15) is 11.5 Å². The van der Waals surface area contributed by atoms with E-state index in [1.165, 1.54) is 10.9 Å². The maximum atomic E-state index is 12.7. The molecule has 2 heterocycles. The largest absolute Gasteiger partial charge is 0.475 e. The Morgan fingerprint density at radius 3 is 2.54 bits per heavy atom. The van der Waals surface area contributed by atoms with Gasteiger partial charge in [-0.05, 0) is 24.3 Å². The van der Waals surface area contributed by atoms with E-state index in [9.17, 15) is 9.59 Å². The summed E-state index contributed by atoms with van der Waals surface area (Å²) in [4.78, 5) is 31.7. The molecule has 1 N–H and O–H groups in total. The highest BCUT2D eigenvalue weighted by Crippen LogP contribution is 2.19. The van der Waals surface area contributed by atoms with Crippen LogP contribution in [0.15, 0.2) is 48.7 Å². The summed E-state index contributed by atoms with van der Waals surface area (Å²) in [5.74, 6) is -1.78. The van der Waals surface area contributed by atoms with Gasteiger partial charge in [0.15, 0.2) is 0 Å². The van der Waals surface area contributed by atoms with Gasteiger partial charge in [0.2, 0.25) is 5.78 Å². The lowest BCUT2D eigenvalue weighted by molar-refractivity contribution is 0.0683. The smallest absolute Gasteiger partial charge is 0.375 e. The molecule has 120 valence electrons. The van der Waals surface area contributed by atoms with E-state index in [2.05, 4.69) is 15.1 Å². The summed E-state index contributed by atoms with van der Waals surface area (Å²) in [5, 5.41) is 13.0. The van der Waals surface area contributed by atoms with Crippen molar-refractivity contribution >= 4 is 23.4 Å². The number of para-hydroxylation sites is 1. The molecule has 2 aromatic heterocycles. The highest BCUT2D eigenvalue weighted by molar-refractivity contribution is 6.16. The van der Waals surface area contributed by atoms with Gasteiger partial charge in [0.05, 0.1) is 11.6 Å². The van der Waals surface area contributed by atoms with Crippen molar-refractivity contribution in [2.24, 2.45) is 0 Å². The molecule has 1 aromatic carbocycles. The van der Waals surface area contributed by atoms with Crippen LogP contribution in [0.5, 0.6) is 0 Å². The van der Waals surface area contributed by atoms with Crippen molar-refractivity contribution in [2.75, 3.05) is 0 Å². The van der Waals surface area contributed by atoms with Gasteiger partial charge < -0.3 is 5.11 Å². The molecule has 0 atom stereocenters. The summed E-state index contributed by atoms with van der Waals surface area (Å²) < 4.78 is 1.27. The number of aromatic carboxylic acids is 1. The third-order valence-corrected chi connectivity index (χ3v) is 3.50. The normalized spacial score (nSPS) is 10.5. The van der Waals surface area contributed by atoms with E-state index >= 15 is 0 Å². The highest BCUT2D eigenvalue weighted by atomic mass is 35.5. The maximum absolute atomic E-state index is 12.7. The number of carboxylic acids is 1. The van der Waals surface area contributed by atoms with Crippen molar-refractivity contribution < 1.29 is 14.7 Å². The Morgan fingerprint density at radius 2 is 1.88 bits per heavy atom. The fourth-order valence-corrected chi connectivity index (χ4v) is 2.37. The molecule has 3 rings (SSSR count). The second kappa shape index (κ2) is 6.59. The summed E-state index contributed by atoms with van der Waals surface area (Å²) in [6, 6.07) is 11.7. The Kier molecular flexibility index (Phi) is 4.35. The molecule has 3 aromatic rings. The second-order valence-corrected chi connectivity index (χ2v) is 5.03. The van der Waals surface area contributed by atoms with Crippen molar-refractivity contribution in [3.8, 4) is 5.69 Å². The SMILES string of the molecule is O=C(O)c1nc(CCl)n(-c2ccccc2C(=O)c2ccccn2)n1. The van der Waals surface area contributed by atoms with Crippen molar-refractivity contribution in [3.05, 3.63) is 71.6 Å². The summed E-state index contributed by atoms with van der Waals surface area (Å²) >= 11 is 5.84. The van der Waals surface area contributed by atoms with Crippen molar-refractivity contribution in [1.29, 1.82) is 0 Å². The van der Waals surface area contributed by atoms with Crippen molar-refractivity contribution in [2.45, 2.75) is 5.88 Å². The number of hydrogen-bond donors (Lipinski definition) is 1. The number of aromatic nitrogens is 4. The van der Waals surface area contributed by atoms with Crippen LogP contribution in [0.25, 0.3) is 5.69 Å². The fraction of sp³-hybridized carbons (Fsp3) is 0.0625. The van der Waals surface area contributed by atoms with Crippen LogP contribution in [0.2, 0.25) is 0 Å². The molecule has 24 heavy (non-hydrogen) atoms. The Bertz CT molecular complexity index is 909. The minimum Gasteiger partial charge on any atom is -0.475 e. The zero-order valence-electron chi connectivity index (χ0n) is 12.3. The lowest BCUT2D eigenvalue weighted by Gasteiger charge is -2.09. The number of nitrogens with zero attached hydrogens (tertiary/aromatic N) is 4. The van der Waals surface area contributed by atoms with Crippen LogP contribution in [0.1, 0.15) is 32.5 Å². The third-order valence-electron chi connectivity index (χ3n) is 3.26. The molecule has 8 heteroatoms. The number of pyridine rings is 1. The van der Waals surface area contributed by atoms with Gasteiger partial charge in [-0.1, -0.05) is 18.2 Å². The Balaban J connectivity index is 2.14. The fourth-order valence-electron chi connectivity index (χ4n) is 2.20. The van der Waals surface area contributed by atoms with Crippen LogP contribution in [0.3, 0.4) is 0 Å². The van der Waals surface area contributed by atoms with E-state index in [4.69, 9.17) is 16.7 Å². The maximum Gasteiger partial charge on any atom is 0.375 e. The van der Waals surface area contributed by atoms with Crippen LogP contribution in [-0.2, 0) is 5.88 Å². The Morgan fingerprint density at radius 1 is 1.12 bits per heavy atom. The molecule has 0 bridgehead atoms. The molecular weight excluding hydrogens is 332 g/mol. The van der Waals surface area contributed by atoms with E-state index in [0.717, 1.165) is 0 Å². The van der Waals surface area contributed by atoms with Gasteiger partial charge in [-0.3, -0.25) is 9.78 Å². The summed E-state index contributed by atoms with van der Waals surface area (Å²) in [5.41, 5.74) is 0.990. The molecule has 0 fully saturated rings. The zero-order chi connectivity index (χ0) is 17.1. The number of carbonyl (C=O) groups is 2. The number of carbonyl (C=O) groups excluding carboxylic acids is 1. The zero-order valence-corrected chi connectivity index (χ0v) is 13.0. The lowest BCUT2D eigenvalue weighted by atomic mass is 10.1. The monoisotopic (exact) mass is 342 g/mol. The van der Waals surface area contributed by atoms with E-state index in [0.29, 0.717) is 11.3 Å². The van der Waals surface area contributed by atoms with E-state index in [1.807, 2.05) is 0 Å². The lowest BCUT2D eigenvalue weighted by Crippen LogP contribution is -2.11. The minimum absolute atomic E-state index is 0.0492. The molecule has 7 nitrogen and oxygen atoms in total. The van der Waals surface area contributed by atoms with Gasteiger partial charge in [-0.2, -0.15) is 0 Å². The topological polar surface area (TPSA) is 98.0 Å². The molecule has 0 amide bonds. The Hall–Kier alpha value is -3.06. The van der Waals surface area contributed by atoms with Crippen LogP contribution >= 0.6 is 11.6 Å². The molecule has 0 radical (unpaired) electrons. The first kappa shape index (κ1) is 15.8. The van der Waals surface area contributed by atoms with Gasteiger partial charge in [-0.15, -0.1) is 16.7 Å². The predicted octanol–water partition coefficient (Wildman–Crippen LogP) is 2.33. The first-order chi connectivity index (χ1) is 11.6. The molecule has 0 saturated heterocycles. The van der Waals surface area contributed by atoms with Gasteiger partial charge >= 0.3 is 5.97 Å². The summed E-state index contributed by atoms with van der Waals surface area (Å²) in [7, 11) is 0. The van der Waals surface area contributed by atoms with Crippen LogP contribution in [-0.4, -0.2) is 36.6 Å². The number of alkyl halides is 1. The molecule has 0 unspecified atom stereocenters. The molecule has 0 spiro atoms. The molecular formula is C16H11ClN4O3. The highest BCUT2D eigenvalue weighted by Gasteiger charge is 2.21. The Labute approximate surface area is 141 Å². The molecule has 0 saturated carbocycles. The number of carboxylic acid groups (broad SMARTS) is 1. The van der Waals surface area contributed by atoms with E-state index in [-0.39, 0.29) is 29.0 Å². The average molecular weight is 343 g/mol. The number of benzene rings is 1. The number of hydrogen-bond acceptors (Lipinski definition) is 5. The minimum atomic E-state index is -1.27. The predicted molar refractivity (Wildman–Crippen MR) is 85.5 cm³/mol. The van der Waals surface area contributed by atoms with E-state index in [1.54, 1.807) is 42.5 Å². The van der Waals surface area contributed by atoms with Gasteiger partial charge in [0.25, 0.3) is 5.82 Å². The van der Waals surface area contributed by atoms with E-state index < -0.39 is 5.97 Å². The van der Waals surface area contributed by atoms with Crippen LogP contribution in [0.4, 0.5) is 0 Å². The first-order valence-electron chi connectivity index (χ1n) is 6.92. The number of ketones is 1. The summed E-state index contributed by atoms with van der Waals surface area (Å²) in [6.07, 6.45) is 1.53. The number of halogens is 1. The molecule has 0 aliphatic heterocycles. The van der Waals surface area contributed by atoms with Gasteiger partial charge in [-0.25, -0.2) is 14.5 Å². The summed E-state index contributed by atoms with van der Waals surface area (Å²) in [6.45, 7) is 0. The third kappa shape index (κ3) is 2.89. The van der Waals surface area contributed by atoms with Crippen molar-refractivity contribution in [1.82, 2.24) is 19.7 Å². The quantitative estimate of drug-likeness (QED) is 0.564. The van der Waals surface area contributed by atoms with Crippen LogP contribution < -0.4 is 0 Å².